The van der Waals surface area contributed by atoms with Crippen molar-refractivity contribution in [3.63, 3.8) is 0 Å². The third kappa shape index (κ3) is 4.61. The number of rotatable bonds is 3. The highest BCUT2D eigenvalue weighted by Gasteiger charge is 2.34. The minimum absolute atomic E-state index is 0.0908. The lowest BCUT2D eigenvalue weighted by Gasteiger charge is -2.43. The lowest BCUT2D eigenvalue weighted by Crippen LogP contribution is -2.53. The monoisotopic (exact) mass is 400 g/mol. The molecule has 0 saturated carbocycles. The molecule has 1 aromatic rings. The van der Waals surface area contributed by atoms with E-state index in [1.807, 2.05) is 22.8 Å². The van der Waals surface area contributed by atoms with E-state index in [0.29, 0.717) is 30.7 Å². The molecular formula is C22H32N4O3. The van der Waals surface area contributed by atoms with Gasteiger partial charge in [-0.15, -0.1) is 0 Å². The number of likely N-dealkylation sites (tertiary alicyclic amines) is 2. The van der Waals surface area contributed by atoms with Crippen molar-refractivity contribution in [2.24, 2.45) is 5.92 Å². The zero-order valence-electron chi connectivity index (χ0n) is 17.4. The second kappa shape index (κ2) is 9.22. The van der Waals surface area contributed by atoms with E-state index in [-0.39, 0.29) is 11.8 Å². The number of hydrogen-bond acceptors (Lipinski definition) is 5. The quantitative estimate of drug-likeness (QED) is 0.771. The van der Waals surface area contributed by atoms with E-state index in [9.17, 15) is 9.59 Å². The fourth-order valence-corrected chi connectivity index (χ4v) is 4.87. The first-order chi connectivity index (χ1) is 14.1. The van der Waals surface area contributed by atoms with Crippen molar-refractivity contribution in [2.45, 2.75) is 38.6 Å². The van der Waals surface area contributed by atoms with Gasteiger partial charge in [0.15, 0.2) is 0 Å². The molecular weight excluding hydrogens is 368 g/mol. The summed E-state index contributed by atoms with van der Waals surface area (Å²) in [5.74, 6) is 0.505. The van der Waals surface area contributed by atoms with E-state index < -0.39 is 0 Å². The molecule has 0 bridgehead atoms. The highest BCUT2D eigenvalue weighted by Crippen LogP contribution is 2.26. The molecule has 0 radical (unpaired) electrons. The van der Waals surface area contributed by atoms with Crippen LogP contribution in [0.3, 0.4) is 0 Å². The van der Waals surface area contributed by atoms with Crippen LogP contribution in [-0.2, 0) is 9.53 Å². The van der Waals surface area contributed by atoms with Gasteiger partial charge in [0.1, 0.15) is 0 Å². The van der Waals surface area contributed by atoms with Crippen LogP contribution in [0.25, 0.3) is 0 Å². The van der Waals surface area contributed by atoms with E-state index in [1.54, 1.807) is 12.4 Å². The molecule has 4 heterocycles. The van der Waals surface area contributed by atoms with Crippen molar-refractivity contribution in [3.8, 4) is 0 Å². The average Bonchev–Trinajstić information content (AvgIpc) is 2.79. The van der Waals surface area contributed by atoms with Gasteiger partial charge < -0.3 is 14.5 Å². The van der Waals surface area contributed by atoms with Gasteiger partial charge in [0, 0.05) is 51.2 Å². The van der Waals surface area contributed by atoms with Gasteiger partial charge in [0.25, 0.3) is 5.91 Å². The highest BCUT2D eigenvalue weighted by molar-refractivity contribution is 5.95. The van der Waals surface area contributed by atoms with Crippen LogP contribution < -0.4 is 0 Å². The van der Waals surface area contributed by atoms with Crippen molar-refractivity contribution in [1.29, 1.82) is 0 Å². The second-order valence-corrected chi connectivity index (χ2v) is 8.49. The molecule has 1 atom stereocenters. The summed E-state index contributed by atoms with van der Waals surface area (Å²) in [6.07, 6.45) is 7.42. The number of ether oxygens (including phenoxy) is 1. The van der Waals surface area contributed by atoms with Crippen LogP contribution in [0.15, 0.2) is 18.5 Å². The van der Waals surface area contributed by atoms with Crippen molar-refractivity contribution in [2.75, 3.05) is 52.5 Å². The van der Waals surface area contributed by atoms with Gasteiger partial charge >= 0.3 is 0 Å². The lowest BCUT2D eigenvalue weighted by atomic mass is 9.92. The summed E-state index contributed by atoms with van der Waals surface area (Å²) in [4.78, 5) is 36.3. The molecule has 158 valence electrons. The number of amides is 2. The van der Waals surface area contributed by atoms with Gasteiger partial charge in [-0.1, -0.05) is 0 Å². The second-order valence-electron chi connectivity index (χ2n) is 8.49. The summed E-state index contributed by atoms with van der Waals surface area (Å²) >= 11 is 0. The average molecular weight is 401 g/mol. The largest absolute Gasteiger partial charge is 0.378 e. The van der Waals surface area contributed by atoms with Gasteiger partial charge in [0.05, 0.1) is 24.7 Å². The predicted octanol–water partition coefficient (Wildman–Crippen LogP) is 1.57. The number of aromatic nitrogens is 1. The Labute approximate surface area is 173 Å². The first-order valence-electron chi connectivity index (χ1n) is 10.9. The topological polar surface area (TPSA) is 66.0 Å². The number of piperidine rings is 2. The van der Waals surface area contributed by atoms with Crippen LogP contribution in [0.1, 0.15) is 41.6 Å². The van der Waals surface area contributed by atoms with Crippen molar-refractivity contribution >= 4 is 11.8 Å². The maximum atomic E-state index is 12.9. The number of carbonyl (C=O) groups excluding carboxylic acids is 2. The third-order valence-electron chi connectivity index (χ3n) is 6.66. The Kier molecular flexibility index (Phi) is 6.45. The zero-order chi connectivity index (χ0) is 20.2. The molecule has 3 aliphatic heterocycles. The minimum Gasteiger partial charge on any atom is -0.378 e. The number of hydrogen-bond donors (Lipinski definition) is 0. The minimum atomic E-state index is 0.0908. The summed E-state index contributed by atoms with van der Waals surface area (Å²) in [5, 5.41) is 0. The normalized spacial score (nSPS) is 24.5. The Balaban J connectivity index is 1.30. The van der Waals surface area contributed by atoms with Crippen LogP contribution in [0.5, 0.6) is 0 Å². The van der Waals surface area contributed by atoms with Crippen LogP contribution in [0.4, 0.5) is 0 Å². The van der Waals surface area contributed by atoms with Crippen LogP contribution >= 0.6 is 0 Å². The Morgan fingerprint density at radius 1 is 1.03 bits per heavy atom. The molecule has 0 unspecified atom stereocenters. The number of aryl methyl sites for hydroxylation is 1. The van der Waals surface area contributed by atoms with E-state index in [2.05, 4.69) is 9.88 Å². The van der Waals surface area contributed by atoms with E-state index in [1.165, 1.54) is 0 Å². The van der Waals surface area contributed by atoms with Gasteiger partial charge in [-0.3, -0.25) is 19.5 Å². The van der Waals surface area contributed by atoms with Gasteiger partial charge in [0.2, 0.25) is 5.91 Å². The van der Waals surface area contributed by atoms with Crippen LogP contribution in [-0.4, -0.2) is 90.0 Å². The molecule has 7 heteroatoms. The summed E-state index contributed by atoms with van der Waals surface area (Å²) in [7, 11) is 0. The Morgan fingerprint density at radius 2 is 1.79 bits per heavy atom. The number of morpholine rings is 1. The summed E-state index contributed by atoms with van der Waals surface area (Å²) in [6, 6.07) is 2.36. The molecule has 0 aliphatic carbocycles. The molecule has 1 aromatic heterocycles. The Hall–Kier alpha value is -1.99. The van der Waals surface area contributed by atoms with E-state index in [4.69, 9.17) is 4.74 Å². The standard InChI is InChI=1S/C22H32N4O3/c1-17-4-7-23-15-20(17)22(28)24-9-5-19(6-10-24)26-8-2-3-18(16-26)21(27)25-11-13-29-14-12-25/h4,7,15,18-19H,2-3,5-6,8-14,16H2,1H3/t18-/m0/s1. The molecule has 0 N–H and O–H groups in total. The lowest BCUT2D eigenvalue weighted by molar-refractivity contribution is -0.141. The van der Waals surface area contributed by atoms with Crippen LogP contribution in [0, 0.1) is 12.8 Å². The maximum Gasteiger partial charge on any atom is 0.255 e. The third-order valence-corrected chi connectivity index (χ3v) is 6.66. The number of carbonyl (C=O) groups is 2. The molecule has 29 heavy (non-hydrogen) atoms. The van der Waals surface area contributed by atoms with Crippen molar-refractivity contribution < 1.29 is 14.3 Å². The Morgan fingerprint density at radius 3 is 2.52 bits per heavy atom. The first kappa shape index (κ1) is 20.3. The van der Waals surface area contributed by atoms with Crippen molar-refractivity contribution in [1.82, 2.24) is 19.7 Å². The fraction of sp³-hybridized carbons (Fsp3) is 0.682. The smallest absolute Gasteiger partial charge is 0.255 e. The first-order valence-corrected chi connectivity index (χ1v) is 10.9. The molecule has 0 aromatic carbocycles. The van der Waals surface area contributed by atoms with Gasteiger partial charge in [-0.05, 0) is 50.8 Å². The zero-order valence-corrected chi connectivity index (χ0v) is 17.4. The molecule has 0 spiro atoms. The fourth-order valence-electron chi connectivity index (χ4n) is 4.87. The maximum absolute atomic E-state index is 12.9. The molecule has 3 aliphatic rings. The van der Waals surface area contributed by atoms with E-state index >= 15 is 0 Å². The number of pyridine rings is 1. The van der Waals surface area contributed by atoms with Gasteiger partial charge in [-0.25, -0.2) is 0 Å². The van der Waals surface area contributed by atoms with Gasteiger partial charge in [-0.2, -0.15) is 0 Å². The van der Waals surface area contributed by atoms with Crippen LogP contribution in [0.2, 0.25) is 0 Å². The number of nitrogens with zero attached hydrogens (tertiary/aromatic N) is 4. The molecule has 7 nitrogen and oxygen atoms in total. The molecule has 3 fully saturated rings. The van der Waals surface area contributed by atoms with E-state index in [0.717, 1.165) is 70.5 Å². The summed E-state index contributed by atoms with van der Waals surface area (Å²) < 4.78 is 5.38. The summed E-state index contributed by atoms with van der Waals surface area (Å²) in [6.45, 7) is 8.20. The SMILES string of the molecule is Cc1ccncc1C(=O)N1CCC(N2CCC[C@H](C(=O)N3CCOCC3)C2)CC1. The van der Waals surface area contributed by atoms with Crippen molar-refractivity contribution in [3.05, 3.63) is 29.6 Å². The highest BCUT2D eigenvalue weighted by atomic mass is 16.5. The Bertz CT molecular complexity index is 727. The predicted molar refractivity (Wildman–Crippen MR) is 110 cm³/mol. The molecule has 4 rings (SSSR count). The molecule has 2 amide bonds. The summed E-state index contributed by atoms with van der Waals surface area (Å²) in [5.41, 5.74) is 1.69. The molecule has 3 saturated heterocycles.